The maximum absolute atomic E-state index is 13.4. The largest absolute Gasteiger partial charge is 0.451 e. The zero-order valence-electron chi connectivity index (χ0n) is 19.3. The predicted octanol–water partition coefficient (Wildman–Crippen LogP) is 5.54. The first-order chi connectivity index (χ1) is 14.4. The van der Waals surface area contributed by atoms with Crippen molar-refractivity contribution in [2.75, 3.05) is 0 Å². The molecule has 4 nitrogen and oxygen atoms in total. The standard InChI is InChI=1S/C27H32O4/c1-17-9-13-26(5,14-10-17)30-23(28)21-19-7-8-20(25(19,3)4)22(21)24(29)31-27(6)15-11-18(2)12-16-27/h7-13,15,19-20H,14,16H2,1-6H3. The van der Waals surface area contributed by atoms with Crippen LogP contribution in [0.4, 0.5) is 0 Å². The van der Waals surface area contributed by atoms with Crippen molar-refractivity contribution in [2.45, 2.75) is 65.6 Å². The third-order valence-electron chi connectivity index (χ3n) is 7.16. The highest BCUT2D eigenvalue weighted by molar-refractivity contribution is 6.04. The van der Waals surface area contributed by atoms with E-state index in [9.17, 15) is 9.59 Å². The average Bonchev–Trinajstić information content (AvgIpc) is 3.12. The minimum atomic E-state index is -0.714. The van der Waals surface area contributed by atoms with Gasteiger partial charge in [0, 0.05) is 24.7 Å². The SMILES string of the molecule is CC1=CCC(C)(OC(=O)C2=C(C(=O)OC3(C)C=CC(C)=CC3)C3C=CC2C3(C)C)C=C1. The summed E-state index contributed by atoms with van der Waals surface area (Å²) < 4.78 is 11.9. The lowest BCUT2D eigenvalue weighted by molar-refractivity contribution is -0.152. The molecule has 164 valence electrons. The predicted molar refractivity (Wildman–Crippen MR) is 121 cm³/mol. The molecule has 0 amide bonds. The molecule has 0 spiro atoms. The molecule has 4 heteroatoms. The summed E-state index contributed by atoms with van der Waals surface area (Å²) in [6, 6.07) is 0. The molecule has 0 heterocycles. The number of fused-ring (bicyclic) bond motifs is 2. The van der Waals surface area contributed by atoms with Gasteiger partial charge in [0.2, 0.25) is 0 Å². The van der Waals surface area contributed by atoms with Crippen molar-refractivity contribution in [3.05, 3.63) is 70.9 Å². The quantitative estimate of drug-likeness (QED) is 0.442. The van der Waals surface area contributed by atoms with Gasteiger partial charge in [-0.25, -0.2) is 9.59 Å². The molecule has 4 aliphatic rings. The van der Waals surface area contributed by atoms with Gasteiger partial charge in [-0.2, -0.15) is 0 Å². The van der Waals surface area contributed by atoms with Gasteiger partial charge in [-0.15, -0.1) is 0 Å². The summed E-state index contributed by atoms with van der Waals surface area (Å²) in [5.74, 6) is -1.15. The molecule has 0 radical (unpaired) electrons. The summed E-state index contributed by atoms with van der Waals surface area (Å²) in [5, 5.41) is 0. The first kappa shape index (κ1) is 21.6. The number of carbonyl (C=O) groups excluding carboxylic acids is 2. The molecule has 4 unspecified atom stereocenters. The van der Waals surface area contributed by atoms with Gasteiger partial charge >= 0.3 is 11.9 Å². The number of esters is 2. The second-order valence-electron chi connectivity index (χ2n) is 10.4. The Balaban J connectivity index is 1.63. The first-order valence-electron chi connectivity index (χ1n) is 11.1. The van der Waals surface area contributed by atoms with Crippen molar-refractivity contribution in [3.8, 4) is 0 Å². The van der Waals surface area contributed by atoms with E-state index in [0.717, 1.165) is 11.1 Å². The number of allylic oxidation sites excluding steroid dienone is 6. The second-order valence-corrected chi connectivity index (χ2v) is 10.4. The summed E-state index contributed by atoms with van der Waals surface area (Å²) in [7, 11) is 0. The van der Waals surface area contributed by atoms with E-state index in [1.54, 1.807) is 0 Å². The van der Waals surface area contributed by atoms with Crippen LogP contribution in [0, 0.1) is 17.3 Å². The van der Waals surface area contributed by atoms with E-state index in [0.29, 0.717) is 24.0 Å². The van der Waals surface area contributed by atoms with Crippen LogP contribution in [-0.4, -0.2) is 23.1 Å². The van der Waals surface area contributed by atoms with E-state index in [-0.39, 0.29) is 17.3 Å². The zero-order chi connectivity index (χ0) is 22.6. The molecule has 0 fully saturated rings. The molecular weight excluding hydrogens is 388 g/mol. The van der Waals surface area contributed by atoms with Gasteiger partial charge in [0.25, 0.3) is 0 Å². The lowest BCUT2D eigenvalue weighted by Crippen LogP contribution is -2.34. The zero-order valence-corrected chi connectivity index (χ0v) is 19.3. The van der Waals surface area contributed by atoms with Crippen molar-refractivity contribution in [1.29, 1.82) is 0 Å². The van der Waals surface area contributed by atoms with Crippen LogP contribution in [0.25, 0.3) is 0 Å². The maximum Gasteiger partial charge on any atom is 0.336 e. The Morgan fingerprint density at radius 1 is 0.774 bits per heavy atom. The van der Waals surface area contributed by atoms with Crippen LogP contribution in [0.1, 0.15) is 54.4 Å². The van der Waals surface area contributed by atoms with Crippen molar-refractivity contribution in [2.24, 2.45) is 17.3 Å². The van der Waals surface area contributed by atoms with Crippen LogP contribution in [0.15, 0.2) is 70.9 Å². The monoisotopic (exact) mass is 420 g/mol. The molecule has 0 aliphatic heterocycles. The highest BCUT2D eigenvalue weighted by Gasteiger charge is 2.55. The van der Waals surface area contributed by atoms with Crippen LogP contribution in [0.5, 0.6) is 0 Å². The molecule has 31 heavy (non-hydrogen) atoms. The second kappa shape index (κ2) is 7.22. The van der Waals surface area contributed by atoms with Gasteiger partial charge in [-0.3, -0.25) is 0 Å². The molecule has 0 saturated heterocycles. The van der Waals surface area contributed by atoms with E-state index in [4.69, 9.17) is 9.47 Å². The van der Waals surface area contributed by atoms with Crippen molar-refractivity contribution < 1.29 is 19.1 Å². The molecule has 0 aromatic carbocycles. The van der Waals surface area contributed by atoms with E-state index in [1.807, 2.05) is 64.2 Å². The molecular formula is C27H32O4. The Kier molecular flexibility index (Phi) is 5.03. The number of ether oxygens (including phenoxy) is 2. The van der Waals surface area contributed by atoms with Gasteiger partial charge in [-0.05, 0) is 45.3 Å². The fourth-order valence-corrected chi connectivity index (χ4v) is 4.96. The molecule has 4 rings (SSSR count). The minimum Gasteiger partial charge on any atom is -0.451 e. The van der Waals surface area contributed by atoms with Crippen LogP contribution in [0.3, 0.4) is 0 Å². The number of rotatable bonds is 4. The van der Waals surface area contributed by atoms with Crippen LogP contribution < -0.4 is 0 Å². The maximum atomic E-state index is 13.4. The number of hydrogen-bond acceptors (Lipinski definition) is 4. The molecule has 4 aliphatic carbocycles. The molecule has 0 saturated carbocycles. The van der Waals surface area contributed by atoms with E-state index >= 15 is 0 Å². The summed E-state index contributed by atoms with van der Waals surface area (Å²) >= 11 is 0. The Hall–Kier alpha value is -2.62. The Labute approximate surface area is 185 Å². The highest BCUT2D eigenvalue weighted by atomic mass is 16.6. The summed E-state index contributed by atoms with van der Waals surface area (Å²) in [5.41, 5.74) is 1.53. The number of hydrogen-bond donors (Lipinski definition) is 0. The third-order valence-corrected chi connectivity index (χ3v) is 7.16. The number of carbonyl (C=O) groups is 2. The van der Waals surface area contributed by atoms with Gasteiger partial charge in [0.15, 0.2) is 0 Å². The van der Waals surface area contributed by atoms with Crippen LogP contribution in [0.2, 0.25) is 0 Å². The highest BCUT2D eigenvalue weighted by Crippen LogP contribution is 2.57. The summed E-state index contributed by atoms with van der Waals surface area (Å²) in [6.07, 6.45) is 17.2. The van der Waals surface area contributed by atoms with Gasteiger partial charge in [0.05, 0.1) is 11.1 Å². The average molecular weight is 421 g/mol. The lowest BCUT2D eigenvalue weighted by Gasteiger charge is -2.30. The summed E-state index contributed by atoms with van der Waals surface area (Å²) in [6.45, 7) is 12.0. The van der Waals surface area contributed by atoms with E-state index in [2.05, 4.69) is 26.0 Å². The molecule has 0 aromatic rings. The van der Waals surface area contributed by atoms with Gasteiger partial charge in [-0.1, -0.05) is 61.4 Å². The minimum absolute atomic E-state index is 0.155. The van der Waals surface area contributed by atoms with Crippen molar-refractivity contribution in [3.63, 3.8) is 0 Å². The smallest absolute Gasteiger partial charge is 0.336 e. The van der Waals surface area contributed by atoms with Gasteiger partial charge in [0.1, 0.15) is 11.2 Å². The molecule has 2 bridgehead atoms. The fourth-order valence-electron chi connectivity index (χ4n) is 4.96. The third kappa shape index (κ3) is 3.77. The fraction of sp³-hybridized carbons (Fsp3) is 0.481. The first-order valence-corrected chi connectivity index (χ1v) is 11.1. The molecule has 0 aromatic heterocycles. The Morgan fingerprint density at radius 2 is 1.16 bits per heavy atom. The van der Waals surface area contributed by atoms with E-state index in [1.165, 1.54) is 0 Å². The topological polar surface area (TPSA) is 52.6 Å². The van der Waals surface area contributed by atoms with E-state index < -0.39 is 23.1 Å². The van der Waals surface area contributed by atoms with Gasteiger partial charge < -0.3 is 9.47 Å². The Bertz CT molecular complexity index is 938. The normalized spacial score (nSPS) is 35.2. The lowest BCUT2D eigenvalue weighted by atomic mass is 9.77. The van der Waals surface area contributed by atoms with Crippen molar-refractivity contribution >= 4 is 11.9 Å². The molecule has 0 N–H and O–H groups in total. The molecule has 4 atom stereocenters. The summed E-state index contributed by atoms with van der Waals surface area (Å²) in [4.78, 5) is 26.8. The van der Waals surface area contributed by atoms with Crippen LogP contribution in [-0.2, 0) is 19.1 Å². The van der Waals surface area contributed by atoms with Crippen LogP contribution >= 0.6 is 0 Å². The van der Waals surface area contributed by atoms with Crippen molar-refractivity contribution in [1.82, 2.24) is 0 Å². The Morgan fingerprint density at radius 3 is 1.48 bits per heavy atom.